The fourth-order valence-electron chi connectivity index (χ4n) is 4.40. The van der Waals surface area contributed by atoms with Crippen molar-refractivity contribution in [2.24, 2.45) is 0 Å². The third-order valence-electron chi connectivity index (χ3n) is 6.07. The second-order valence-corrected chi connectivity index (χ2v) is 8.00. The zero-order chi connectivity index (χ0) is 20.4. The third-order valence-corrected chi connectivity index (χ3v) is 6.07. The van der Waals surface area contributed by atoms with Crippen LogP contribution >= 0.6 is 0 Å². The van der Waals surface area contributed by atoms with Crippen molar-refractivity contribution in [1.29, 1.82) is 0 Å². The first-order chi connectivity index (χ1) is 14.1. The number of anilines is 1. The number of aromatic amines is 1. The van der Waals surface area contributed by atoms with Crippen molar-refractivity contribution < 1.29 is 9.47 Å². The molecule has 0 amide bonds. The molecule has 4 rings (SSSR count). The van der Waals surface area contributed by atoms with Gasteiger partial charge >= 0.3 is 0 Å². The Kier molecular flexibility index (Phi) is 5.76. The average molecular weight is 399 g/mol. The molecule has 29 heavy (non-hydrogen) atoms. The van der Waals surface area contributed by atoms with Crippen LogP contribution in [0.15, 0.2) is 23.0 Å². The Morgan fingerprint density at radius 2 is 2.00 bits per heavy atom. The van der Waals surface area contributed by atoms with E-state index in [1.165, 1.54) is 6.42 Å². The van der Waals surface area contributed by atoms with E-state index < -0.39 is 0 Å². The van der Waals surface area contributed by atoms with Gasteiger partial charge < -0.3 is 14.4 Å². The topological polar surface area (TPSA) is 70.7 Å². The van der Waals surface area contributed by atoms with Gasteiger partial charge in [-0.05, 0) is 50.3 Å². The van der Waals surface area contributed by atoms with Crippen molar-refractivity contribution in [2.75, 3.05) is 32.2 Å². The predicted octanol–water partition coefficient (Wildman–Crippen LogP) is 2.72. The van der Waals surface area contributed by atoms with Crippen LogP contribution in [0.25, 0.3) is 0 Å². The Morgan fingerprint density at radius 3 is 2.76 bits per heavy atom. The summed E-state index contributed by atoms with van der Waals surface area (Å²) < 4.78 is 10.8. The Bertz CT molecular complexity index is 927. The van der Waals surface area contributed by atoms with Crippen molar-refractivity contribution >= 4 is 5.95 Å². The molecule has 0 saturated carbocycles. The first-order valence-electron chi connectivity index (χ1n) is 10.4. The van der Waals surface area contributed by atoms with Crippen LogP contribution in [-0.4, -0.2) is 48.2 Å². The van der Waals surface area contributed by atoms with Crippen LogP contribution < -0.4 is 19.9 Å². The van der Waals surface area contributed by atoms with Crippen LogP contribution in [0.3, 0.4) is 0 Å². The van der Waals surface area contributed by atoms with E-state index in [1.54, 1.807) is 14.2 Å². The Morgan fingerprint density at radius 1 is 1.17 bits per heavy atom. The van der Waals surface area contributed by atoms with Crippen LogP contribution in [0.5, 0.6) is 11.5 Å². The van der Waals surface area contributed by atoms with Crippen LogP contribution in [0, 0.1) is 0 Å². The summed E-state index contributed by atoms with van der Waals surface area (Å²) in [6, 6.07) is 6.42. The monoisotopic (exact) mass is 398 g/mol. The number of methoxy groups -OCH3 is 2. The normalized spacial score (nSPS) is 19.7. The lowest BCUT2D eigenvalue weighted by atomic mass is 10.0. The molecule has 7 nitrogen and oxygen atoms in total. The van der Waals surface area contributed by atoms with Gasteiger partial charge in [-0.15, -0.1) is 0 Å². The van der Waals surface area contributed by atoms with Gasteiger partial charge in [0.25, 0.3) is 5.56 Å². The first kappa shape index (κ1) is 19.8. The van der Waals surface area contributed by atoms with Crippen molar-refractivity contribution in [3.05, 3.63) is 45.4 Å². The van der Waals surface area contributed by atoms with Crippen molar-refractivity contribution in [3.63, 3.8) is 0 Å². The fraction of sp³-hybridized carbons (Fsp3) is 0.545. The van der Waals surface area contributed by atoms with Crippen molar-refractivity contribution in [1.82, 2.24) is 14.9 Å². The molecule has 1 atom stereocenters. The van der Waals surface area contributed by atoms with Gasteiger partial charge in [-0.2, -0.15) is 0 Å². The number of hydrogen-bond donors (Lipinski definition) is 1. The molecule has 0 bridgehead atoms. The second-order valence-electron chi connectivity index (χ2n) is 8.00. The van der Waals surface area contributed by atoms with E-state index in [0.29, 0.717) is 12.6 Å². The van der Waals surface area contributed by atoms with Crippen molar-refractivity contribution in [2.45, 2.75) is 51.7 Å². The van der Waals surface area contributed by atoms with E-state index in [9.17, 15) is 4.79 Å². The molecule has 0 spiro atoms. The molecule has 2 aromatic rings. The maximum absolute atomic E-state index is 12.7. The summed E-state index contributed by atoms with van der Waals surface area (Å²) in [5, 5.41) is 0. The fourth-order valence-corrected chi connectivity index (χ4v) is 4.40. The number of fused-ring (bicyclic) bond motifs is 1. The van der Waals surface area contributed by atoms with Crippen LogP contribution in [0.2, 0.25) is 0 Å². The molecule has 2 aliphatic heterocycles. The first-order valence-corrected chi connectivity index (χ1v) is 10.4. The average Bonchev–Trinajstić information content (AvgIpc) is 2.73. The Balaban J connectivity index is 1.54. The molecular formula is C22H30N4O3. The standard InChI is InChI=1S/C22H30N4O3/c1-15-6-4-5-10-26(15)22-23-18-14-25(11-9-17(18)21(27)24-22)13-16-7-8-19(28-2)20(12-16)29-3/h7-8,12,15H,4-6,9-11,13-14H2,1-3H3,(H,23,24,27). The van der Waals surface area contributed by atoms with E-state index in [2.05, 4.69) is 27.8 Å². The molecule has 1 N–H and O–H groups in total. The quantitative estimate of drug-likeness (QED) is 0.835. The molecule has 156 valence electrons. The Labute approximate surface area is 171 Å². The van der Waals surface area contributed by atoms with Gasteiger partial charge in [0, 0.05) is 37.8 Å². The van der Waals surface area contributed by atoms with Crippen LogP contribution in [0.1, 0.15) is 43.0 Å². The van der Waals surface area contributed by atoms with Crippen molar-refractivity contribution in [3.8, 4) is 11.5 Å². The summed E-state index contributed by atoms with van der Waals surface area (Å²) in [5.74, 6) is 2.20. The summed E-state index contributed by atoms with van der Waals surface area (Å²) in [6.07, 6.45) is 4.26. The largest absolute Gasteiger partial charge is 0.493 e. The third kappa shape index (κ3) is 4.10. The predicted molar refractivity (Wildman–Crippen MR) is 113 cm³/mol. The number of piperidine rings is 1. The molecule has 3 heterocycles. The molecule has 0 radical (unpaired) electrons. The zero-order valence-corrected chi connectivity index (χ0v) is 17.5. The van der Waals surface area contributed by atoms with E-state index in [-0.39, 0.29) is 5.56 Å². The highest BCUT2D eigenvalue weighted by Gasteiger charge is 2.25. The molecule has 1 aromatic heterocycles. The van der Waals surface area contributed by atoms with Crippen LogP contribution in [0.4, 0.5) is 5.95 Å². The second kappa shape index (κ2) is 8.45. The number of nitrogens with one attached hydrogen (secondary N) is 1. The minimum atomic E-state index is 0.0218. The maximum Gasteiger partial charge on any atom is 0.255 e. The number of ether oxygens (including phenoxy) is 2. The lowest BCUT2D eigenvalue weighted by molar-refractivity contribution is 0.240. The summed E-state index contributed by atoms with van der Waals surface area (Å²) in [7, 11) is 3.29. The number of rotatable bonds is 5. The van der Waals surface area contributed by atoms with Gasteiger partial charge in [-0.3, -0.25) is 14.7 Å². The summed E-state index contributed by atoms with van der Waals surface area (Å²) in [6.45, 7) is 5.47. The van der Waals surface area contributed by atoms with Gasteiger partial charge in [-0.25, -0.2) is 4.98 Å². The molecule has 1 aromatic carbocycles. The Hall–Kier alpha value is -2.54. The van der Waals surface area contributed by atoms with E-state index >= 15 is 0 Å². The maximum atomic E-state index is 12.7. The van der Waals surface area contributed by atoms with E-state index in [4.69, 9.17) is 14.5 Å². The highest BCUT2D eigenvalue weighted by molar-refractivity contribution is 5.43. The molecule has 7 heteroatoms. The van der Waals surface area contributed by atoms with Crippen LogP contribution in [-0.2, 0) is 19.5 Å². The SMILES string of the molecule is COc1ccc(CN2CCc3c(nc(N4CCCCC4C)[nH]c3=O)C2)cc1OC. The smallest absolute Gasteiger partial charge is 0.255 e. The number of aromatic nitrogens is 2. The lowest BCUT2D eigenvalue weighted by Gasteiger charge is -2.35. The number of H-pyrrole nitrogens is 1. The molecule has 1 fully saturated rings. The van der Waals surface area contributed by atoms with Gasteiger partial charge in [0.1, 0.15) is 0 Å². The molecule has 0 aliphatic carbocycles. The number of nitrogens with zero attached hydrogens (tertiary/aromatic N) is 3. The molecule has 1 unspecified atom stereocenters. The lowest BCUT2D eigenvalue weighted by Crippen LogP contribution is -2.41. The van der Waals surface area contributed by atoms with Gasteiger partial charge in [-0.1, -0.05) is 6.07 Å². The summed E-state index contributed by atoms with van der Waals surface area (Å²) in [5.41, 5.74) is 2.92. The molecule has 2 aliphatic rings. The minimum Gasteiger partial charge on any atom is -0.493 e. The summed E-state index contributed by atoms with van der Waals surface area (Å²) in [4.78, 5) is 25.2. The van der Waals surface area contributed by atoms with E-state index in [0.717, 1.165) is 73.2 Å². The summed E-state index contributed by atoms with van der Waals surface area (Å²) >= 11 is 0. The highest BCUT2D eigenvalue weighted by Crippen LogP contribution is 2.29. The van der Waals surface area contributed by atoms with E-state index in [1.807, 2.05) is 12.1 Å². The van der Waals surface area contributed by atoms with Gasteiger partial charge in [0.15, 0.2) is 11.5 Å². The van der Waals surface area contributed by atoms with Gasteiger partial charge in [0.05, 0.1) is 19.9 Å². The number of benzene rings is 1. The minimum absolute atomic E-state index is 0.0218. The zero-order valence-electron chi connectivity index (χ0n) is 17.5. The highest BCUT2D eigenvalue weighted by atomic mass is 16.5. The van der Waals surface area contributed by atoms with Gasteiger partial charge in [0.2, 0.25) is 5.95 Å². The molecule has 1 saturated heterocycles. The number of hydrogen-bond acceptors (Lipinski definition) is 6. The molecular weight excluding hydrogens is 368 g/mol.